The Balaban J connectivity index is 1.54. The zero-order valence-corrected chi connectivity index (χ0v) is 10.2. The van der Waals surface area contributed by atoms with Gasteiger partial charge in [-0.25, -0.2) is 0 Å². The highest BCUT2D eigenvalue weighted by atomic mass is 16.7. The van der Waals surface area contributed by atoms with E-state index >= 15 is 0 Å². The van der Waals surface area contributed by atoms with Gasteiger partial charge in [-0.15, -0.1) is 0 Å². The van der Waals surface area contributed by atoms with Crippen LogP contribution in [-0.2, 0) is 11.3 Å². The Morgan fingerprint density at radius 3 is 2.58 bits per heavy atom. The van der Waals surface area contributed by atoms with Gasteiger partial charge in [0.15, 0.2) is 0 Å². The number of para-hydroxylation sites is 3. The van der Waals surface area contributed by atoms with Crippen LogP contribution in [0, 0.1) is 0 Å². The van der Waals surface area contributed by atoms with E-state index in [4.69, 9.17) is 14.2 Å². The van der Waals surface area contributed by atoms with Crippen LogP contribution >= 0.6 is 0 Å². The molecule has 0 saturated heterocycles. The second-order valence-corrected chi connectivity index (χ2v) is 4.58. The molecule has 2 aromatic carbocycles. The van der Waals surface area contributed by atoms with E-state index in [1.54, 1.807) is 0 Å². The lowest BCUT2D eigenvalue weighted by Gasteiger charge is -2.29. The minimum atomic E-state index is -0.442. The highest BCUT2D eigenvalue weighted by Gasteiger charge is 2.34. The number of fused-ring (bicyclic) bond motifs is 2. The molecule has 2 aliphatic heterocycles. The third-order valence-corrected chi connectivity index (χ3v) is 3.30. The van der Waals surface area contributed by atoms with Crippen molar-refractivity contribution in [3.8, 4) is 11.5 Å². The van der Waals surface area contributed by atoms with Crippen LogP contribution in [0.15, 0.2) is 48.5 Å². The molecule has 2 unspecified atom stereocenters. The third-order valence-electron chi connectivity index (χ3n) is 3.30. The maximum atomic E-state index is 5.84. The molecule has 0 radical (unpaired) electrons. The molecule has 4 heteroatoms. The Labute approximate surface area is 110 Å². The first-order valence-electron chi connectivity index (χ1n) is 6.28. The first-order valence-corrected chi connectivity index (χ1v) is 6.28. The van der Waals surface area contributed by atoms with E-state index in [1.165, 1.54) is 0 Å². The van der Waals surface area contributed by atoms with Crippen molar-refractivity contribution in [1.29, 1.82) is 0 Å². The van der Waals surface area contributed by atoms with Crippen LogP contribution < -0.4 is 14.8 Å². The van der Waals surface area contributed by atoms with Crippen LogP contribution in [0.5, 0.6) is 11.5 Å². The topological polar surface area (TPSA) is 39.7 Å². The molecule has 1 N–H and O–H groups in total. The molecule has 0 fully saturated rings. The summed E-state index contributed by atoms with van der Waals surface area (Å²) in [6.07, 6.45) is -0.756. The zero-order chi connectivity index (χ0) is 12.7. The van der Waals surface area contributed by atoms with Crippen LogP contribution in [0.25, 0.3) is 0 Å². The molecule has 96 valence electrons. The lowest BCUT2D eigenvalue weighted by molar-refractivity contribution is -0.148. The lowest BCUT2D eigenvalue weighted by Crippen LogP contribution is -2.43. The van der Waals surface area contributed by atoms with Crippen LogP contribution in [0.1, 0.15) is 5.56 Å². The number of anilines is 1. The Hall–Kier alpha value is -2.20. The summed E-state index contributed by atoms with van der Waals surface area (Å²) in [4.78, 5) is 0. The molecular weight excluding hydrogens is 242 g/mol. The molecule has 19 heavy (non-hydrogen) atoms. The van der Waals surface area contributed by atoms with Crippen LogP contribution in [0.4, 0.5) is 5.69 Å². The Kier molecular flexibility index (Phi) is 2.35. The Morgan fingerprint density at radius 1 is 0.895 bits per heavy atom. The van der Waals surface area contributed by atoms with E-state index in [9.17, 15) is 0 Å². The lowest BCUT2D eigenvalue weighted by atomic mass is 10.2. The summed E-state index contributed by atoms with van der Waals surface area (Å²) in [5.41, 5.74) is 2.04. The van der Waals surface area contributed by atoms with Gasteiger partial charge in [-0.2, -0.15) is 0 Å². The molecule has 0 spiro atoms. The average Bonchev–Trinajstić information content (AvgIpc) is 2.90. The molecule has 4 nitrogen and oxygen atoms in total. The van der Waals surface area contributed by atoms with Gasteiger partial charge in [0.05, 0.1) is 12.3 Å². The molecule has 2 atom stereocenters. The van der Waals surface area contributed by atoms with Crippen LogP contribution in [0.3, 0.4) is 0 Å². The van der Waals surface area contributed by atoms with Gasteiger partial charge >= 0.3 is 0 Å². The summed E-state index contributed by atoms with van der Waals surface area (Å²) in [6.45, 7) is 0.540. The first kappa shape index (κ1) is 10.7. The first-order chi connectivity index (χ1) is 9.40. The second kappa shape index (κ2) is 4.17. The van der Waals surface area contributed by atoms with Gasteiger partial charge in [-0.05, 0) is 18.2 Å². The zero-order valence-electron chi connectivity index (χ0n) is 10.2. The summed E-state index contributed by atoms with van der Waals surface area (Å²) in [5, 5.41) is 3.26. The van der Waals surface area contributed by atoms with Gasteiger partial charge in [0, 0.05) is 5.56 Å². The number of rotatable bonds is 1. The van der Waals surface area contributed by atoms with E-state index in [0.29, 0.717) is 6.61 Å². The smallest absolute Gasteiger partial charge is 0.256 e. The van der Waals surface area contributed by atoms with Gasteiger partial charge in [-0.1, -0.05) is 30.3 Å². The molecule has 0 aliphatic carbocycles. The Morgan fingerprint density at radius 2 is 1.68 bits per heavy atom. The molecule has 0 bridgehead atoms. The molecule has 0 saturated carbocycles. The molecular formula is C15H13NO3. The average molecular weight is 255 g/mol. The van der Waals surface area contributed by atoms with Crippen molar-refractivity contribution in [3.63, 3.8) is 0 Å². The standard InChI is InChI=1S/C15H13NO3/c1-3-7-12-10(5-1)9-17-15(19-12)14-16-11-6-2-4-8-13(11)18-14/h1-8,14-16H,9H2. The van der Waals surface area contributed by atoms with E-state index in [-0.39, 0.29) is 6.23 Å². The maximum absolute atomic E-state index is 5.84. The van der Waals surface area contributed by atoms with Crippen molar-refractivity contribution >= 4 is 5.69 Å². The molecule has 2 heterocycles. The van der Waals surface area contributed by atoms with Crippen molar-refractivity contribution < 1.29 is 14.2 Å². The largest absolute Gasteiger partial charge is 0.462 e. The molecule has 4 rings (SSSR count). The fourth-order valence-corrected chi connectivity index (χ4v) is 2.35. The molecule has 2 aromatic rings. The van der Waals surface area contributed by atoms with Crippen molar-refractivity contribution in [2.45, 2.75) is 19.1 Å². The summed E-state index contributed by atoms with van der Waals surface area (Å²) < 4.78 is 17.3. The summed E-state index contributed by atoms with van der Waals surface area (Å²) in [6, 6.07) is 15.7. The maximum Gasteiger partial charge on any atom is 0.256 e. The molecule has 2 aliphatic rings. The predicted molar refractivity (Wildman–Crippen MR) is 70.1 cm³/mol. The van der Waals surface area contributed by atoms with E-state index in [0.717, 1.165) is 22.7 Å². The Bertz CT molecular complexity index is 589. The summed E-state index contributed by atoms with van der Waals surface area (Å²) in [7, 11) is 0. The number of ether oxygens (including phenoxy) is 3. The minimum absolute atomic E-state index is 0.314. The summed E-state index contributed by atoms with van der Waals surface area (Å²) >= 11 is 0. The van der Waals surface area contributed by atoms with Gasteiger partial charge in [0.2, 0.25) is 6.23 Å². The van der Waals surface area contributed by atoms with E-state index in [2.05, 4.69) is 5.32 Å². The van der Waals surface area contributed by atoms with E-state index in [1.807, 2.05) is 48.5 Å². The number of hydrogen-bond donors (Lipinski definition) is 1. The summed E-state index contributed by atoms with van der Waals surface area (Å²) in [5.74, 6) is 1.69. The van der Waals surface area contributed by atoms with Crippen molar-refractivity contribution in [2.24, 2.45) is 0 Å². The van der Waals surface area contributed by atoms with Gasteiger partial charge in [-0.3, -0.25) is 0 Å². The number of benzene rings is 2. The highest BCUT2D eigenvalue weighted by molar-refractivity contribution is 5.59. The quantitative estimate of drug-likeness (QED) is 0.850. The van der Waals surface area contributed by atoms with Gasteiger partial charge in [0.25, 0.3) is 6.29 Å². The van der Waals surface area contributed by atoms with Crippen molar-refractivity contribution in [2.75, 3.05) is 5.32 Å². The molecule has 0 amide bonds. The second-order valence-electron chi connectivity index (χ2n) is 4.58. The number of hydrogen-bond acceptors (Lipinski definition) is 4. The normalized spacial score (nSPS) is 23.6. The van der Waals surface area contributed by atoms with Crippen LogP contribution in [0.2, 0.25) is 0 Å². The SMILES string of the molecule is c1ccc2c(c1)COC(C1Nc3ccccc3O1)O2. The van der Waals surface area contributed by atoms with Crippen LogP contribution in [-0.4, -0.2) is 12.5 Å². The van der Waals surface area contributed by atoms with Gasteiger partial charge in [0.1, 0.15) is 11.5 Å². The van der Waals surface area contributed by atoms with Crippen molar-refractivity contribution in [1.82, 2.24) is 0 Å². The highest BCUT2D eigenvalue weighted by Crippen LogP contribution is 2.35. The minimum Gasteiger partial charge on any atom is -0.462 e. The predicted octanol–water partition coefficient (Wildman–Crippen LogP) is 2.75. The fraction of sp³-hybridized carbons (Fsp3) is 0.200. The fourth-order valence-electron chi connectivity index (χ4n) is 2.35. The third kappa shape index (κ3) is 1.81. The monoisotopic (exact) mass is 255 g/mol. The van der Waals surface area contributed by atoms with Crippen molar-refractivity contribution in [3.05, 3.63) is 54.1 Å². The molecule has 0 aromatic heterocycles. The number of nitrogens with one attached hydrogen (secondary N) is 1. The van der Waals surface area contributed by atoms with E-state index < -0.39 is 6.29 Å². The van der Waals surface area contributed by atoms with Gasteiger partial charge < -0.3 is 19.5 Å².